The number of nitrogens with zero attached hydrogens (tertiary/aromatic N) is 1. The number of hydrogen-bond donors (Lipinski definition) is 2. The molecule has 0 aliphatic carbocycles. The minimum absolute atomic E-state index is 0.517. The van der Waals surface area contributed by atoms with E-state index in [1.54, 1.807) is 6.08 Å². The summed E-state index contributed by atoms with van der Waals surface area (Å²) in [5, 5.41) is 11.2. The van der Waals surface area contributed by atoms with Gasteiger partial charge in [0.2, 0.25) is 0 Å². The summed E-state index contributed by atoms with van der Waals surface area (Å²) in [6.07, 6.45) is 2.82. The Hall–Kier alpha value is -0.420. The smallest absolute Gasteiger partial charge is 0.116 e. The average Bonchev–Trinajstić information content (AvgIpc) is 2.03. The van der Waals surface area contributed by atoms with Crippen LogP contribution >= 0.6 is 0 Å². The van der Waals surface area contributed by atoms with Crippen molar-refractivity contribution in [3.8, 4) is 0 Å². The normalized spacial score (nSPS) is 23.8. The molecule has 0 bridgehead atoms. The maximum Gasteiger partial charge on any atom is 0.116 e. The molecule has 0 atom stereocenters. The monoisotopic (exact) mass is 172 g/mol. The zero-order valence-corrected chi connectivity index (χ0v) is 7.20. The van der Waals surface area contributed by atoms with Crippen molar-refractivity contribution >= 4 is 0 Å². The third-order valence-corrected chi connectivity index (χ3v) is 1.96. The second-order valence-electron chi connectivity index (χ2n) is 3.12. The van der Waals surface area contributed by atoms with Crippen molar-refractivity contribution in [1.29, 1.82) is 0 Å². The molecular weight excluding hydrogens is 156 g/mol. The van der Waals surface area contributed by atoms with Gasteiger partial charge in [0.15, 0.2) is 0 Å². The van der Waals surface area contributed by atoms with Gasteiger partial charge < -0.3 is 10.8 Å². The Morgan fingerprint density at radius 1 is 1.58 bits per heavy atom. The highest BCUT2D eigenvalue weighted by molar-refractivity contribution is 4.77. The van der Waals surface area contributed by atoms with Crippen LogP contribution < -0.4 is 5.73 Å². The molecule has 70 valence electrons. The zero-order valence-electron chi connectivity index (χ0n) is 7.20. The van der Waals surface area contributed by atoms with Gasteiger partial charge in [0.05, 0.1) is 6.61 Å². The largest absolute Gasteiger partial charge is 0.376 e. The molecule has 1 aliphatic heterocycles. The standard InChI is InChI=1S/C8H16N2O2/c1-2-7-12-10-5-3-8(9,11)4-6-10/h2,11H,1,3-7,9H2. The van der Waals surface area contributed by atoms with Crippen molar-refractivity contribution in [2.75, 3.05) is 19.7 Å². The van der Waals surface area contributed by atoms with E-state index in [-0.39, 0.29) is 0 Å². The first-order valence-corrected chi connectivity index (χ1v) is 4.14. The Morgan fingerprint density at radius 3 is 2.67 bits per heavy atom. The number of hydrogen-bond acceptors (Lipinski definition) is 4. The van der Waals surface area contributed by atoms with Gasteiger partial charge in [-0.15, -0.1) is 6.58 Å². The van der Waals surface area contributed by atoms with Crippen molar-refractivity contribution in [3.05, 3.63) is 12.7 Å². The SMILES string of the molecule is C=CCON1CCC(N)(O)CC1. The highest BCUT2D eigenvalue weighted by atomic mass is 16.7. The van der Waals surface area contributed by atoms with Crippen LogP contribution in [0.1, 0.15) is 12.8 Å². The summed E-state index contributed by atoms with van der Waals surface area (Å²) in [7, 11) is 0. The highest BCUT2D eigenvalue weighted by Crippen LogP contribution is 2.16. The Labute approximate surface area is 72.6 Å². The predicted molar refractivity (Wildman–Crippen MR) is 46.1 cm³/mol. The lowest BCUT2D eigenvalue weighted by molar-refractivity contribution is -0.184. The highest BCUT2D eigenvalue weighted by Gasteiger charge is 2.27. The Bertz CT molecular complexity index is 149. The van der Waals surface area contributed by atoms with Crippen LogP contribution in [0, 0.1) is 0 Å². The van der Waals surface area contributed by atoms with Gasteiger partial charge in [0.25, 0.3) is 0 Å². The van der Waals surface area contributed by atoms with Crippen LogP contribution in [0.25, 0.3) is 0 Å². The zero-order chi connectivity index (χ0) is 9.03. The first kappa shape index (κ1) is 9.67. The lowest BCUT2D eigenvalue weighted by Crippen LogP contribution is -2.50. The molecule has 0 aromatic rings. The van der Waals surface area contributed by atoms with Crippen LogP contribution in [0.15, 0.2) is 12.7 Å². The molecule has 0 amide bonds. The van der Waals surface area contributed by atoms with Crippen molar-refractivity contribution in [2.45, 2.75) is 18.6 Å². The quantitative estimate of drug-likeness (QED) is 0.459. The van der Waals surface area contributed by atoms with E-state index in [9.17, 15) is 5.11 Å². The van der Waals surface area contributed by atoms with Gasteiger partial charge in [-0.1, -0.05) is 6.08 Å². The van der Waals surface area contributed by atoms with Crippen LogP contribution in [0.2, 0.25) is 0 Å². The van der Waals surface area contributed by atoms with E-state index >= 15 is 0 Å². The summed E-state index contributed by atoms with van der Waals surface area (Å²) < 4.78 is 0. The van der Waals surface area contributed by atoms with Gasteiger partial charge in [0.1, 0.15) is 5.72 Å². The number of aliphatic hydroxyl groups is 1. The lowest BCUT2D eigenvalue weighted by atomic mass is 10.0. The van der Waals surface area contributed by atoms with Gasteiger partial charge >= 0.3 is 0 Å². The maximum absolute atomic E-state index is 9.39. The first-order valence-electron chi connectivity index (χ1n) is 4.14. The Kier molecular flexibility index (Phi) is 3.22. The minimum Gasteiger partial charge on any atom is -0.376 e. The van der Waals surface area contributed by atoms with E-state index in [0.29, 0.717) is 32.5 Å². The molecule has 1 saturated heterocycles. The van der Waals surface area contributed by atoms with Crippen LogP contribution in [0.3, 0.4) is 0 Å². The molecule has 1 fully saturated rings. The molecule has 0 saturated carbocycles. The predicted octanol–water partition coefficient (Wildman–Crippen LogP) is -0.153. The van der Waals surface area contributed by atoms with Crippen LogP contribution in [-0.2, 0) is 4.84 Å². The molecule has 0 spiro atoms. The molecule has 0 aromatic heterocycles. The number of rotatable bonds is 3. The van der Waals surface area contributed by atoms with E-state index < -0.39 is 5.72 Å². The van der Waals surface area contributed by atoms with Gasteiger partial charge in [-0.3, -0.25) is 4.84 Å². The lowest BCUT2D eigenvalue weighted by Gasteiger charge is -2.34. The second-order valence-corrected chi connectivity index (χ2v) is 3.12. The minimum atomic E-state index is -0.992. The summed E-state index contributed by atoms with van der Waals surface area (Å²) in [6, 6.07) is 0. The van der Waals surface area contributed by atoms with Crippen molar-refractivity contribution in [1.82, 2.24) is 5.06 Å². The fourth-order valence-electron chi connectivity index (χ4n) is 1.16. The van der Waals surface area contributed by atoms with Crippen molar-refractivity contribution < 1.29 is 9.94 Å². The third kappa shape index (κ3) is 2.91. The molecule has 4 nitrogen and oxygen atoms in total. The fourth-order valence-corrected chi connectivity index (χ4v) is 1.16. The van der Waals surface area contributed by atoms with E-state index in [0.717, 1.165) is 0 Å². The number of hydroxylamine groups is 2. The number of piperidine rings is 1. The second kappa shape index (κ2) is 4.00. The van der Waals surface area contributed by atoms with Gasteiger partial charge in [-0.25, -0.2) is 0 Å². The molecule has 1 heterocycles. The Balaban J connectivity index is 2.22. The topological polar surface area (TPSA) is 58.7 Å². The molecular formula is C8H16N2O2. The van der Waals surface area contributed by atoms with Crippen LogP contribution in [-0.4, -0.2) is 35.6 Å². The maximum atomic E-state index is 9.39. The average molecular weight is 172 g/mol. The van der Waals surface area contributed by atoms with E-state index in [4.69, 9.17) is 10.6 Å². The van der Waals surface area contributed by atoms with Crippen LogP contribution in [0.4, 0.5) is 0 Å². The molecule has 1 rings (SSSR count). The van der Waals surface area contributed by atoms with Crippen molar-refractivity contribution in [3.63, 3.8) is 0 Å². The van der Waals surface area contributed by atoms with Gasteiger partial charge in [0, 0.05) is 25.9 Å². The Morgan fingerprint density at radius 2 is 2.17 bits per heavy atom. The molecule has 1 aliphatic rings. The first-order chi connectivity index (χ1) is 5.64. The van der Waals surface area contributed by atoms with Gasteiger partial charge in [-0.2, -0.15) is 5.06 Å². The third-order valence-electron chi connectivity index (χ3n) is 1.96. The van der Waals surface area contributed by atoms with Gasteiger partial charge in [-0.05, 0) is 0 Å². The van der Waals surface area contributed by atoms with Crippen molar-refractivity contribution in [2.24, 2.45) is 5.73 Å². The summed E-state index contributed by atoms with van der Waals surface area (Å²) in [6.45, 7) is 5.43. The molecule has 4 heteroatoms. The molecule has 3 N–H and O–H groups in total. The van der Waals surface area contributed by atoms with E-state index in [1.807, 2.05) is 5.06 Å². The summed E-state index contributed by atoms with van der Waals surface area (Å²) in [5.41, 5.74) is 4.53. The fraction of sp³-hybridized carbons (Fsp3) is 0.750. The molecule has 0 unspecified atom stereocenters. The summed E-state index contributed by atoms with van der Waals surface area (Å²) >= 11 is 0. The van der Waals surface area contributed by atoms with E-state index in [2.05, 4.69) is 6.58 Å². The van der Waals surface area contributed by atoms with Crippen LogP contribution in [0.5, 0.6) is 0 Å². The summed E-state index contributed by atoms with van der Waals surface area (Å²) in [5.74, 6) is 0. The van der Waals surface area contributed by atoms with E-state index in [1.165, 1.54) is 0 Å². The number of nitrogens with two attached hydrogens (primary N) is 1. The molecule has 0 radical (unpaired) electrons. The summed E-state index contributed by atoms with van der Waals surface area (Å²) in [4.78, 5) is 5.27. The molecule has 0 aromatic carbocycles. The molecule has 12 heavy (non-hydrogen) atoms.